The predicted octanol–water partition coefficient (Wildman–Crippen LogP) is 5.41. The van der Waals surface area contributed by atoms with Crippen LogP contribution < -0.4 is 9.05 Å². The number of carbonyl (C=O) groups excluding carboxylic acids is 2. The Bertz CT molecular complexity index is 1040. The summed E-state index contributed by atoms with van der Waals surface area (Å²) in [6.07, 6.45) is 1.11. The number of unbranched alkanes of at least 4 members (excludes halogenated alkanes) is 1. The Morgan fingerprint density at radius 1 is 0.645 bits per heavy atom. The topological polar surface area (TPSA) is 72.9 Å². The Labute approximate surface area is 181 Å². The van der Waals surface area contributed by atoms with Crippen molar-refractivity contribution in [2.75, 3.05) is 12.7 Å². The zero-order valence-corrected chi connectivity index (χ0v) is 17.7. The maximum atomic E-state index is 13.5. The summed E-state index contributed by atoms with van der Waals surface area (Å²) in [6, 6.07) is 24.6. The van der Waals surface area contributed by atoms with Crippen LogP contribution >= 0.6 is 7.60 Å². The maximum absolute atomic E-state index is 13.5. The lowest BCUT2D eigenvalue weighted by Gasteiger charge is -2.20. The van der Waals surface area contributed by atoms with E-state index in [4.69, 9.17) is 9.05 Å². The molecule has 0 atom stereocenters. The fourth-order valence-electron chi connectivity index (χ4n) is 3.41. The molecule has 0 radical (unpaired) electrons. The average Bonchev–Trinajstić information content (AvgIpc) is 3.03. The molecular weight excluding hydrogens is 413 g/mol. The summed E-state index contributed by atoms with van der Waals surface area (Å²) in [5, 5.41) is 0. The van der Waals surface area contributed by atoms with Crippen LogP contribution in [0.25, 0.3) is 0 Å². The molecule has 158 valence electrons. The molecular formula is C24H22NO5P. The van der Waals surface area contributed by atoms with Crippen molar-refractivity contribution >= 4 is 19.4 Å². The molecule has 0 bridgehead atoms. The quantitative estimate of drug-likeness (QED) is 0.255. The number of carbonyl (C=O) groups is 2. The first-order valence-corrected chi connectivity index (χ1v) is 11.8. The van der Waals surface area contributed by atoms with Gasteiger partial charge in [-0.15, -0.1) is 0 Å². The van der Waals surface area contributed by atoms with Crippen LogP contribution in [-0.4, -0.2) is 29.4 Å². The third-order valence-electron chi connectivity index (χ3n) is 4.92. The lowest BCUT2D eigenvalue weighted by molar-refractivity contribution is 0.0652. The lowest BCUT2D eigenvalue weighted by Crippen LogP contribution is -2.30. The number of rotatable bonds is 9. The third-order valence-corrected chi connectivity index (χ3v) is 6.76. The van der Waals surface area contributed by atoms with Crippen molar-refractivity contribution in [2.45, 2.75) is 12.8 Å². The van der Waals surface area contributed by atoms with Crippen LogP contribution in [0.2, 0.25) is 0 Å². The fraction of sp³-hybridized carbons (Fsp3) is 0.167. The van der Waals surface area contributed by atoms with E-state index in [1.54, 1.807) is 72.8 Å². The van der Waals surface area contributed by atoms with Gasteiger partial charge in [0.25, 0.3) is 11.8 Å². The first kappa shape index (κ1) is 20.9. The molecule has 7 heteroatoms. The highest BCUT2D eigenvalue weighted by molar-refractivity contribution is 7.54. The zero-order valence-electron chi connectivity index (χ0n) is 16.8. The molecule has 0 aliphatic carbocycles. The van der Waals surface area contributed by atoms with Crippen molar-refractivity contribution in [3.63, 3.8) is 0 Å². The minimum atomic E-state index is -3.50. The van der Waals surface area contributed by atoms with Gasteiger partial charge in [0.15, 0.2) is 0 Å². The molecule has 1 aliphatic heterocycles. The molecule has 0 aromatic heterocycles. The van der Waals surface area contributed by atoms with E-state index in [1.807, 2.05) is 12.1 Å². The molecule has 0 unspecified atom stereocenters. The first-order valence-electron chi connectivity index (χ1n) is 10.1. The highest BCUT2D eigenvalue weighted by atomic mass is 31.2. The van der Waals surface area contributed by atoms with E-state index >= 15 is 0 Å². The van der Waals surface area contributed by atoms with Gasteiger partial charge >= 0.3 is 7.60 Å². The van der Waals surface area contributed by atoms with Crippen LogP contribution in [-0.2, 0) is 4.57 Å². The van der Waals surface area contributed by atoms with Gasteiger partial charge in [-0.2, -0.15) is 0 Å². The van der Waals surface area contributed by atoms with Gasteiger partial charge in [0.2, 0.25) is 0 Å². The summed E-state index contributed by atoms with van der Waals surface area (Å²) in [7, 11) is -3.50. The van der Waals surface area contributed by atoms with E-state index < -0.39 is 7.60 Å². The van der Waals surface area contributed by atoms with Gasteiger partial charge in [-0.1, -0.05) is 48.5 Å². The van der Waals surface area contributed by atoms with Crippen LogP contribution in [0.4, 0.5) is 0 Å². The summed E-state index contributed by atoms with van der Waals surface area (Å²) in [5.41, 5.74) is 0.857. The molecule has 3 aromatic rings. The summed E-state index contributed by atoms with van der Waals surface area (Å²) < 4.78 is 25.0. The minimum Gasteiger partial charge on any atom is -0.416 e. The van der Waals surface area contributed by atoms with Crippen molar-refractivity contribution in [1.82, 2.24) is 4.90 Å². The van der Waals surface area contributed by atoms with Gasteiger partial charge in [0.1, 0.15) is 11.5 Å². The normalized spacial score (nSPS) is 13.2. The van der Waals surface area contributed by atoms with Crippen LogP contribution in [0.1, 0.15) is 33.6 Å². The highest BCUT2D eigenvalue weighted by Gasteiger charge is 2.35. The molecule has 0 saturated heterocycles. The van der Waals surface area contributed by atoms with Crippen molar-refractivity contribution in [3.8, 4) is 11.5 Å². The van der Waals surface area contributed by atoms with Crippen LogP contribution in [0.15, 0.2) is 84.9 Å². The van der Waals surface area contributed by atoms with E-state index in [2.05, 4.69) is 0 Å². The zero-order chi connectivity index (χ0) is 21.7. The fourth-order valence-corrected chi connectivity index (χ4v) is 5.13. The summed E-state index contributed by atoms with van der Waals surface area (Å²) in [6.45, 7) is 0.253. The number of amides is 2. The third kappa shape index (κ3) is 4.86. The Morgan fingerprint density at radius 2 is 1.10 bits per heavy atom. The van der Waals surface area contributed by atoms with Gasteiger partial charge < -0.3 is 9.05 Å². The second kappa shape index (κ2) is 9.19. The van der Waals surface area contributed by atoms with Crippen molar-refractivity contribution in [2.24, 2.45) is 0 Å². The largest absolute Gasteiger partial charge is 0.430 e. The number of fused-ring (bicyclic) bond motifs is 1. The van der Waals surface area contributed by atoms with Gasteiger partial charge in [-0.3, -0.25) is 14.5 Å². The van der Waals surface area contributed by atoms with Crippen molar-refractivity contribution < 1.29 is 23.2 Å². The highest BCUT2D eigenvalue weighted by Crippen LogP contribution is 2.49. The Kier molecular flexibility index (Phi) is 6.19. The SMILES string of the molecule is O=C1c2ccccc2C(=O)N1CCCCP(=O)(Oc1ccccc1)Oc1ccccc1. The summed E-state index contributed by atoms with van der Waals surface area (Å²) in [5.74, 6) is 0.346. The van der Waals surface area contributed by atoms with E-state index in [1.165, 1.54) is 4.90 Å². The maximum Gasteiger partial charge on any atom is 0.430 e. The van der Waals surface area contributed by atoms with Gasteiger partial charge in [-0.25, -0.2) is 4.57 Å². The molecule has 0 fully saturated rings. The standard InChI is InChI=1S/C24H22NO5P/c26-23-21-15-7-8-16-22(21)24(27)25(23)17-9-10-18-31(28,29-19-11-3-1-4-12-19)30-20-13-5-2-6-14-20/h1-8,11-16H,9-10,17-18H2. The number of para-hydroxylation sites is 2. The molecule has 6 nitrogen and oxygen atoms in total. The number of hydrogen-bond acceptors (Lipinski definition) is 5. The molecule has 4 rings (SSSR count). The molecule has 0 saturated carbocycles. The second-order valence-corrected chi connectivity index (χ2v) is 9.19. The Morgan fingerprint density at radius 3 is 1.58 bits per heavy atom. The monoisotopic (exact) mass is 435 g/mol. The molecule has 0 N–H and O–H groups in total. The number of benzene rings is 3. The predicted molar refractivity (Wildman–Crippen MR) is 118 cm³/mol. The van der Waals surface area contributed by atoms with E-state index in [-0.39, 0.29) is 24.5 Å². The first-order chi connectivity index (χ1) is 15.1. The van der Waals surface area contributed by atoms with Crippen molar-refractivity contribution in [3.05, 3.63) is 96.1 Å². The van der Waals surface area contributed by atoms with E-state index in [0.29, 0.717) is 35.5 Å². The molecule has 3 aromatic carbocycles. The number of nitrogens with zero attached hydrogens (tertiary/aromatic N) is 1. The van der Waals surface area contributed by atoms with Gasteiger partial charge in [0, 0.05) is 6.54 Å². The lowest BCUT2D eigenvalue weighted by atomic mass is 10.1. The smallest absolute Gasteiger partial charge is 0.416 e. The molecule has 31 heavy (non-hydrogen) atoms. The Balaban J connectivity index is 1.39. The van der Waals surface area contributed by atoms with E-state index in [0.717, 1.165) is 0 Å². The second-order valence-electron chi connectivity index (χ2n) is 7.16. The van der Waals surface area contributed by atoms with Gasteiger partial charge in [0.05, 0.1) is 17.3 Å². The van der Waals surface area contributed by atoms with Crippen molar-refractivity contribution in [1.29, 1.82) is 0 Å². The van der Waals surface area contributed by atoms with Crippen LogP contribution in [0.5, 0.6) is 11.5 Å². The van der Waals surface area contributed by atoms with Crippen LogP contribution in [0.3, 0.4) is 0 Å². The average molecular weight is 435 g/mol. The molecule has 1 aliphatic rings. The molecule has 1 heterocycles. The number of imide groups is 1. The Hall–Kier alpha value is -3.37. The molecule has 0 spiro atoms. The summed E-state index contributed by atoms with van der Waals surface area (Å²) in [4.78, 5) is 26.2. The minimum absolute atomic E-state index is 0.153. The van der Waals surface area contributed by atoms with E-state index in [9.17, 15) is 14.2 Å². The molecule has 2 amide bonds. The summed E-state index contributed by atoms with van der Waals surface area (Å²) >= 11 is 0. The van der Waals surface area contributed by atoms with Gasteiger partial charge in [-0.05, 0) is 49.2 Å². The van der Waals surface area contributed by atoms with Crippen LogP contribution in [0, 0.1) is 0 Å². The number of hydrogen-bond donors (Lipinski definition) is 0.